The van der Waals surface area contributed by atoms with E-state index in [-0.39, 0.29) is 18.6 Å². The number of carbonyl (C=O) groups is 3. The minimum Gasteiger partial charge on any atom is -0.462 e. The number of nitrogens with one attached hydrogen (secondary N) is 1. The monoisotopic (exact) mass is 490 g/mol. The molecule has 0 bridgehead atoms. The number of fused-ring (bicyclic) bond motifs is 1. The summed E-state index contributed by atoms with van der Waals surface area (Å²) in [7, 11) is 0. The van der Waals surface area contributed by atoms with Crippen LogP contribution in [0.5, 0.6) is 0 Å². The van der Waals surface area contributed by atoms with Gasteiger partial charge in [0.1, 0.15) is 5.00 Å². The highest BCUT2D eigenvalue weighted by molar-refractivity contribution is 7.20. The first-order chi connectivity index (χ1) is 17.0. The summed E-state index contributed by atoms with van der Waals surface area (Å²) in [6, 6.07) is 21.1. The van der Waals surface area contributed by atoms with Crippen molar-refractivity contribution >= 4 is 45.1 Å². The average molecular weight is 491 g/mol. The highest BCUT2D eigenvalue weighted by Crippen LogP contribution is 2.36. The Morgan fingerprint density at radius 1 is 1.03 bits per heavy atom. The molecule has 2 aromatic heterocycles. The smallest absolute Gasteiger partial charge is 0.341 e. The standard InChI is InChI=1S/C27H26N2O5S/c1-3-33-27(32)21-17-23(20-10-5-4-6-11-20)35-26(21)28-25(31)18(2)34-24(30)14-16-29-15-13-19-9-7-8-12-22(19)29/h4-13,15,17-18H,3,14,16H2,1-2H3,(H,28,31). The summed E-state index contributed by atoms with van der Waals surface area (Å²) in [5.41, 5.74) is 2.21. The highest BCUT2D eigenvalue weighted by atomic mass is 32.1. The molecule has 1 N–H and O–H groups in total. The first kappa shape index (κ1) is 24.2. The van der Waals surface area contributed by atoms with Crippen LogP contribution < -0.4 is 5.32 Å². The summed E-state index contributed by atoms with van der Waals surface area (Å²) in [5, 5.41) is 4.19. The van der Waals surface area contributed by atoms with Crippen molar-refractivity contribution in [1.82, 2.24) is 4.57 Å². The number of nitrogens with zero attached hydrogens (tertiary/aromatic N) is 1. The number of thiophene rings is 1. The van der Waals surface area contributed by atoms with Gasteiger partial charge in [0.25, 0.3) is 5.91 Å². The molecule has 7 nitrogen and oxygen atoms in total. The Bertz CT molecular complexity index is 1340. The predicted octanol–water partition coefficient (Wildman–Crippen LogP) is 5.51. The van der Waals surface area contributed by atoms with E-state index in [0.29, 0.717) is 11.5 Å². The van der Waals surface area contributed by atoms with Crippen molar-refractivity contribution < 1.29 is 23.9 Å². The van der Waals surface area contributed by atoms with E-state index in [1.165, 1.54) is 18.3 Å². The Kier molecular flexibility index (Phi) is 7.62. The van der Waals surface area contributed by atoms with Crippen molar-refractivity contribution in [3.63, 3.8) is 0 Å². The van der Waals surface area contributed by atoms with E-state index in [2.05, 4.69) is 5.32 Å². The van der Waals surface area contributed by atoms with Gasteiger partial charge in [-0.3, -0.25) is 9.59 Å². The van der Waals surface area contributed by atoms with E-state index in [1.54, 1.807) is 13.0 Å². The molecule has 0 saturated heterocycles. The van der Waals surface area contributed by atoms with E-state index >= 15 is 0 Å². The van der Waals surface area contributed by atoms with E-state index in [9.17, 15) is 14.4 Å². The van der Waals surface area contributed by atoms with Gasteiger partial charge in [0.15, 0.2) is 6.10 Å². The van der Waals surface area contributed by atoms with Gasteiger partial charge in [0, 0.05) is 23.1 Å². The lowest BCUT2D eigenvalue weighted by Crippen LogP contribution is -2.30. The van der Waals surface area contributed by atoms with Crippen LogP contribution in [0.1, 0.15) is 30.6 Å². The fourth-order valence-electron chi connectivity index (χ4n) is 3.66. The number of benzene rings is 2. The normalized spacial score (nSPS) is 11.7. The Balaban J connectivity index is 1.40. The summed E-state index contributed by atoms with van der Waals surface area (Å²) in [4.78, 5) is 38.5. The maximum atomic E-state index is 12.8. The molecule has 2 heterocycles. The maximum Gasteiger partial charge on any atom is 0.341 e. The molecule has 4 aromatic rings. The van der Waals surface area contributed by atoms with Crippen molar-refractivity contribution in [2.24, 2.45) is 0 Å². The first-order valence-electron chi connectivity index (χ1n) is 11.4. The van der Waals surface area contributed by atoms with Gasteiger partial charge in [-0.15, -0.1) is 11.3 Å². The molecular formula is C27H26N2O5S. The quantitative estimate of drug-likeness (QED) is 0.313. The minimum absolute atomic E-state index is 0.127. The zero-order valence-corrected chi connectivity index (χ0v) is 20.3. The number of aromatic nitrogens is 1. The summed E-state index contributed by atoms with van der Waals surface area (Å²) >= 11 is 1.26. The van der Waals surface area contributed by atoms with Crippen LogP contribution in [0.25, 0.3) is 21.3 Å². The first-order valence-corrected chi connectivity index (χ1v) is 12.2. The number of ether oxygens (including phenoxy) is 2. The van der Waals surface area contributed by atoms with Crippen molar-refractivity contribution in [3.05, 3.63) is 78.5 Å². The SMILES string of the molecule is CCOC(=O)c1cc(-c2ccccc2)sc1NC(=O)C(C)OC(=O)CCn1ccc2ccccc21. The summed E-state index contributed by atoms with van der Waals surface area (Å²) in [6.45, 7) is 3.89. The fourth-order valence-corrected chi connectivity index (χ4v) is 4.71. The summed E-state index contributed by atoms with van der Waals surface area (Å²) < 4.78 is 12.5. The third kappa shape index (κ3) is 5.78. The van der Waals surface area contributed by atoms with E-state index in [0.717, 1.165) is 21.3 Å². The second-order valence-electron chi connectivity index (χ2n) is 7.88. The molecule has 35 heavy (non-hydrogen) atoms. The van der Waals surface area contributed by atoms with Crippen LogP contribution in [0, 0.1) is 0 Å². The van der Waals surface area contributed by atoms with Crippen LogP contribution in [-0.4, -0.2) is 35.1 Å². The molecule has 0 saturated carbocycles. The lowest BCUT2D eigenvalue weighted by molar-refractivity contribution is -0.153. The average Bonchev–Trinajstić information content (AvgIpc) is 3.48. The predicted molar refractivity (Wildman–Crippen MR) is 136 cm³/mol. The molecule has 2 aromatic carbocycles. The van der Waals surface area contributed by atoms with Gasteiger partial charge in [0.05, 0.1) is 18.6 Å². The van der Waals surface area contributed by atoms with Crippen LogP contribution in [0.4, 0.5) is 5.00 Å². The zero-order valence-electron chi connectivity index (χ0n) is 19.5. The lowest BCUT2D eigenvalue weighted by atomic mass is 10.1. The number of amides is 1. The summed E-state index contributed by atoms with van der Waals surface area (Å²) in [5.74, 6) is -1.52. The van der Waals surface area contributed by atoms with Crippen molar-refractivity contribution in [3.8, 4) is 10.4 Å². The molecule has 1 unspecified atom stereocenters. The number of hydrogen-bond acceptors (Lipinski definition) is 6. The molecule has 0 fully saturated rings. The topological polar surface area (TPSA) is 86.6 Å². The third-order valence-corrected chi connectivity index (χ3v) is 6.54. The minimum atomic E-state index is -1.03. The number of rotatable bonds is 9. The van der Waals surface area contributed by atoms with Gasteiger partial charge in [-0.1, -0.05) is 48.5 Å². The van der Waals surface area contributed by atoms with Crippen LogP contribution in [0.2, 0.25) is 0 Å². The third-order valence-electron chi connectivity index (χ3n) is 5.44. The van der Waals surface area contributed by atoms with E-state index in [1.807, 2.05) is 71.4 Å². The van der Waals surface area contributed by atoms with Gasteiger partial charge >= 0.3 is 11.9 Å². The van der Waals surface area contributed by atoms with Crippen LogP contribution in [0.3, 0.4) is 0 Å². The Labute approximate surface area is 207 Å². The maximum absolute atomic E-state index is 12.8. The molecule has 0 spiro atoms. The Morgan fingerprint density at radius 2 is 1.77 bits per heavy atom. The molecule has 180 valence electrons. The van der Waals surface area contributed by atoms with Crippen molar-refractivity contribution in [2.75, 3.05) is 11.9 Å². The molecule has 1 amide bonds. The zero-order chi connectivity index (χ0) is 24.8. The van der Waals surface area contributed by atoms with Crippen LogP contribution in [-0.2, 0) is 25.6 Å². The fraction of sp³-hybridized carbons (Fsp3) is 0.222. The Morgan fingerprint density at radius 3 is 2.54 bits per heavy atom. The molecular weight excluding hydrogens is 464 g/mol. The molecule has 0 aliphatic heterocycles. The second kappa shape index (κ2) is 11.0. The molecule has 0 aliphatic carbocycles. The molecule has 1 atom stereocenters. The van der Waals surface area contributed by atoms with Crippen LogP contribution in [0.15, 0.2) is 72.9 Å². The van der Waals surface area contributed by atoms with Crippen molar-refractivity contribution in [1.29, 1.82) is 0 Å². The molecule has 4 rings (SSSR count). The molecule has 0 radical (unpaired) electrons. The van der Waals surface area contributed by atoms with Gasteiger partial charge in [-0.05, 0) is 43.0 Å². The molecule has 0 aliphatic rings. The number of aryl methyl sites for hydroxylation is 1. The van der Waals surface area contributed by atoms with E-state index < -0.39 is 23.9 Å². The highest BCUT2D eigenvalue weighted by Gasteiger charge is 2.24. The van der Waals surface area contributed by atoms with Crippen molar-refractivity contribution in [2.45, 2.75) is 32.9 Å². The number of anilines is 1. The number of esters is 2. The Hall–Kier alpha value is -3.91. The number of carbonyl (C=O) groups excluding carboxylic acids is 3. The number of para-hydroxylation sites is 1. The van der Waals surface area contributed by atoms with Gasteiger partial charge in [-0.2, -0.15) is 0 Å². The number of hydrogen-bond donors (Lipinski definition) is 1. The van der Waals surface area contributed by atoms with Gasteiger partial charge in [-0.25, -0.2) is 4.79 Å². The van der Waals surface area contributed by atoms with Gasteiger partial charge in [0.2, 0.25) is 0 Å². The largest absolute Gasteiger partial charge is 0.462 e. The van der Waals surface area contributed by atoms with Gasteiger partial charge < -0.3 is 19.4 Å². The second-order valence-corrected chi connectivity index (χ2v) is 8.93. The summed E-state index contributed by atoms with van der Waals surface area (Å²) in [6.07, 6.45) is 1.02. The lowest BCUT2D eigenvalue weighted by Gasteiger charge is -2.14. The van der Waals surface area contributed by atoms with E-state index in [4.69, 9.17) is 9.47 Å². The molecule has 8 heteroatoms. The van der Waals surface area contributed by atoms with Crippen LogP contribution >= 0.6 is 11.3 Å².